The van der Waals surface area contributed by atoms with Gasteiger partial charge in [0.15, 0.2) is 0 Å². The highest BCUT2D eigenvalue weighted by Gasteiger charge is 2.11. The number of aromatic nitrogens is 1. The summed E-state index contributed by atoms with van der Waals surface area (Å²) in [5, 5.41) is 3.79. The molecule has 0 saturated carbocycles. The highest BCUT2D eigenvalue weighted by atomic mass is 16.2. The van der Waals surface area contributed by atoms with E-state index >= 15 is 0 Å². The van der Waals surface area contributed by atoms with Crippen molar-refractivity contribution in [2.24, 2.45) is 5.73 Å². The zero-order chi connectivity index (χ0) is 15.5. The van der Waals surface area contributed by atoms with E-state index in [2.05, 4.69) is 10.3 Å². The molecule has 3 rings (SSSR count). The number of aromatic amines is 1. The van der Waals surface area contributed by atoms with Gasteiger partial charge in [-0.15, -0.1) is 0 Å². The Kier molecular flexibility index (Phi) is 3.62. The van der Waals surface area contributed by atoms with Crippen molar-refractivity contribution >= 4 is 28.4 Å². The van der Waals surface area contributed by atoms with Gasteiger partial charge in [0.25, 0.3) is 5.91 Å². The Morgan fingerprint density at radius 3 is 2.73 bits per heavy atom. The van der Waals surface area contributed by atoms with Crippen LogP contribution in [0.5, 0.6) is 0 Å². The minimum Gasteiger partial charge on any atom is -0.366 e. The molecule has 5 heteroatoms. The van der Waals surface area contributed by atoms with Crippen LogP contribution in [0.1, 0.15) is 15.9 Å². The Morgan fingerprint density at radius 2 is 1.91 bits per heavy atom. The Bertz CT molecular complexity index is 852. The van der Waals surface area contributed by atoms with Crippen molar-refractivity contribution in [1.82, 2.24) is 4.98 Å². The number of nitrogens with one attached hydrogen (secondary N) is 2. The number of amides is 2. The van der Waals surface area contributed by atoms with Gasteiger partial charge in [-0.2, -0.15) is 0 Å². The number of hydrogen-bond donors (Lipinski definition) is 3. The second-order valence-corrected chi connectivity index (χ2v) is 5.03. The number of H-pyrrole nitrogens is 1. The van der Waals surface area contributed by atoms with Gasteiger partial charge >= 0.3 is 0 Å². The average molecular weight is 293 g/mol. The van der Waals surface area contributed by atoms with Gasteiger partial charge in [0.1, 0.15) is 0 Å². The van der Waals surface area contributed by atoms with Crippen molar-refractivity contribution < 1.29 is 9.59 Å². The second-order valence-electron chi connectivity index (χ2n) is 5.03. The third-order valence-electron chi connectivity index (χ3n) is 3.45. The van der Waals surface area contributed by atoms with E-state index in [0.29, 0.717) is 11.3 Å². The number of primary amides is 1. The molecule has 0 atom stereocenters. The van der Waals surface area contributed by atoms with Crippen molar-refractivity contribution in [2.45, 2.75) is 6.42 Å². The lowest BCUT2D eigenvalue weighted by Gasteiger charge is -2.09. The van der Waals surface area contributed by atoms with Crippen LogP contribution in [0.4, 0.5) is 5.69 Å². The van der Waals surface area contributed by atoms with Crippen LogP contribution in [-0.2, 0) is 11.2 Å². The van der Waals surface area contributed by atoms with Gasteiger partial charge in [-0.05, 0) is 41.3 Å². The summed E-state index contributed by atoms with van der Waals surface area (Å²) in [6.07, 6.45) is 2.09. The van der Waals surface area contributed by atoms with Crippen molar-refractivity contribution in [1.29, 1.82) is 0 Å². The molecular formula is C17H15N3O2. The smallest absolute Gasteiger partial charge is 0.250 e. The van der Waals surface area contributed by atoms with E-state index in [1.54, 1.807) is 24.3 Å². The summed E-state index contributed by atoms with van der Waals surface area (Å²) in [5.41, 5.74) is 7.97. The zero-order valence-electron chi connectivity index (χ0n) is 11.8. The maximum Gasteiger partial charge on any atom is 0.250 e. The minimum absolute atomic E-state index is 0.191. The lowest BCUT2D eigenvalue weighted by Crippen LogP contribution is -2.19. The lowest BCUT2D eigenvalue weighted by molar-refractivity contribution is -0.115. The van der Waals surface area contributed by atoms with Crippen LogP contribution < -0.4 is 11.1 Å². The number of fused-ring (bicyclic) bond motifs is 1. The van der Waals surface area contributed by atoms with E-state index in [1.807, 2.05) is 30.5 Å². The molecule has 5 nitrogen and oxygen atoms in total. The first-order valence-electron chi connectivity index (χ1n) is 6.88. The first-order chi connectivity index (χ1) is 10.6. The SMILES string of the molecule is NC(=O)c1ccccc1NC(=O)Cc1ccc2[nH]ccc2c1. The molecule has 1 aromatic heterocycles. The fourth-order valence-corrected chi connectivity index (χ4v) is 2.40. The van der Waals surface area contributed by atoms with Gasteiger partial charge < -0.3 is 16.0 Å². The maximum absolute atomic E-state index is 12.2. The first-order valence-corrected chi connectivity index (χ1v) is 6.88. The molecule has 0 unspecified atom stereocenters. The predicted molar refractivity (Wildman–Crippen MR) is 85.6 cm³/mol. The van der Waals surface area contributed by atoms with Gasteiger partial charge in [0.05, 0.1) is 17.7 Å². The normalized spacial score (nSPS) is 10.5. The Balaban J connectivity index is 1.76. The minimum atomic E-state index is -0.565. The van der Waals surface area contributed by atoms with Gasteiger partial charge in [0.2, 0.25) is 5.91 Å². The predicted octanol–water partition coefficient (Wildman–Crippen LogP) is 2.45. The van der Waals surface area contributed by atoms with Crippen LogP contribution in [0.3, 0.4) is 0 Å². The number of para-hydroxylation sites is 1. The summed E-state index contributed by atoms with van der Waals surface area (Å²) < 4.78 is 0. The molecule has 0 radical (unpaired) electrons. The quantitative estimate of drug-likeness (QED) is 0.690. The molecule has 22 heavy (non-hydrogen) atoms. The zero-order valence-corrected chi connectivity index (χ0v) is 11.8. The molecule has 110 valence electrons. The summed E-state index contributed by atoms with van der Waals surface area (Å²) >= 11 is 0. The molecule has 0 aliphatic rings. The van der Waals surface area contributed by atoms with Crippen molar-refractivity contribution in [3.05, 3.63) is 65.9 Å². The van der Waals surface area contributed by atoms with Crippen molar-refractivity contribution in [3.8, 4) is 0 Å². The number of hydrogen-bond acceptors (Lipinski definition) is 2. The molecule has 0 aliphatic carbocycles. The molecular weight excluding hydrogens is 278 g/mol. The fourth-order valence-electron chi connectivity index (χ4n) is 2.40. The summed E-state index contributed by atoms with van der Waals surface area (Å²) in [6, 6.07) is 14.5. The molecule has 2 aromatic carbocycles. The lowest BCUT2D eigenvalue weighted by atomic mass is 10.1. The van der Waals surface area contributed by atoms with Crippen LogP contribution in [0.2, 0.25) is 0 Å². The summed E-state index contributed by atoms with van der Waals surface area (Å²) in [5.74, 6) is -0.756. The van der Waals surface area contributed by atoms with E-state index in [-0.39, 0.29) is 12.3 Å². The topological polar surface area (TPSA) is 88.0 Å². The van der Waals surface area contributed by atoms with Gasteiger partial charge in [-0.25, -0.2) is 0 Å². The standard InChI is InChI=1S/C17H15N3O2/c18-17(22)13-3-1-2-4-15(13)20-16(21)10-11-5-6-14-12(9-11)7-8-19-14/h1-9,19H,10H2,(H2,18,22)(H,20,21). The number of rotatable bonds is 4. The van der Waals surface area contributed by atoms with Crippen molar-refractivity contribution in [2.75, 3.05) is 5.32 Å². The average Bonchev–Trinajstić information content (AvgIpc) is 2.95. The van der Waals surface area contributed by atoms with E-state index in [0.717, 1.165) is 16.5 Å². The Labute approximate surface area is 127 Å². The first kappa shape index (κ1) is 13.9. The van der Waals surface area contributed by atoms with Crippen LogP contribution in [0.25, 0.3) is 10.9 Å². The third kappa shape index (κ3) is 2.83. The highest BCUT2D eigenvalue weighted by Crippen LogP contribution is 2.17. The molecule has 0 aliphatic heterocycles. The molecule has 0 saturated heterocycles. The Hall–Kier alpha value is -3.08. The van der Waals surface area contributed by atoms with E-state index in [1.165, 1.54) is 0 Å². The summed E-state index contributed by atoms with van der Waals surface area (Å²) in [6.45, 7) is 0. The van der Waals surface area contributed by atoms with Gasteiger partial charge in [0, 0.05) is 11.7 Å². The number of carbonyl (C=O) groups is 2. The molecule has 0 fully saturated rings. The van der Waals surface area contributed by atoms with Gasteiger partial charge in [-0.1, -0.05) is 18.2 Å². The van der Waals surface area contributed by atoms with Crippen LogP contribution >= 0.6 is 0 Å². The van der Waals surface area contributed by atoms with Crippen molar-refractivity contribution in [3.63, 3.8) is 0 Å². The Morgan fingerprint density at radius 1 is 1.09 bits per heavy atom. The molecule has 1 heterocycles. The molecule has 4 N–H and O–H groups in total. The number of carbonyl (C=O) groups excluding carboxylic acids is 2. The third-order valence-corrected chi connectivity index (χ3v) is 3.45. The molecule has 2 amide bonds. The monoisotopic (exact) mass is 293 g/mol. The van der Waals surface area contributed by atoms with Gasteiger partial charge in [-0.3, -0.25) is 9.59 Å². The number of nitrogens with two attached hydrogens (primary N) is 1. The van der Waals surface area contributed by atoms with Crippen LogP contribution in [0, 0.1) is 0 Å². The summed E-state index contributed by atoms with van der Waals surface area (Å²) in [4.78, 5) is 26.6. The highest BCUT2D eigenvalue weighted by molar-refractivity contribution is 6.03. The summed E-state index contributed by atoms with van der Waals surface area (Å²) in [7, 11) is 0. The van der Waals surface area contributed by atoms with E-state index in [9.17, 15) is 9.59 Å². The van der Waals surface area contributed by atoms with E-state index < -0.39 is 5.91 Å². The number of benzene rings is 2. The second kappa shape index (κ2) is 5.73. The maximum atomic E-state index is 12.2. The molecule has 0 spiro atoms. The fraction of sp³-hybridized carbons (Fsp3) is 0.0588. The van der Waals surface area contributed by atoms with E-state index in [4.69, 9.17) is 5.73 Å². The largest absolute Gasteiger partial charge is 0.366 e. The van der Waals surface area contributed by atoms with Crippen LogP contribution in [0.15, 0.2) is 54.7 Å². The molecule has 3 aromatic rings. The molecule has 0 bridgehead atoms. The number of anilines is 1. The van der Waals surface area contributed by atoms with Crippen LogP contribution in [-0.4, -0.2) is 16.8 Å².